The number of primary amides is 1. The summed E-state index contributed by atoms with van der Waals surface area (Å²) in [5.41, 5.74) is 14.0. The van der Waals surface area contributed by atoms with E-state index < -0.39 is 35.8 Å². The number of nitrogens with two attached hydrogens (primary N) is 2. The molecule has 2 rings (SSSR count). The van der Waals surface area contributed by atoms with Crippen molar-refractivity contribution in [1.29, 1.82) is 0 Å². The van der Waals surface area contributed by atoms with Gasteiger partial charge in [0.25, 0.3) is 0 Å². The summed E-state index contributed by atoms with van der Waals surface area (Å²) >= 11 is 0. The lowest BCUT2D eigenvalue weighted by Crippen LogP contribution is -2.57. The third kappa shape index (κ3) is 9.57. The normalized spacial score (nSPS) is 13.9. The molecule has 10 heteroatoms. The molecule has 2 aromatic carbocycles. The van der Waals surface area contributed by atoms with Gasteiger partial charge in [-0.3, -0.25) is 14.4 Å². The predicted octanol–water partition coefficient (Wildman–Crippen LogP) is 1.44. The van der Waals surface area contributed by atoms with Gasteiger partial charge in [0.2, 0.25) is 17.7 Å². The molecule has 4 atom stereocenters. The van der Waals surface area contributed by atoms with Gasteiger partial charge in [-0.1, -0.05) is 62.7 Å². The molecule has 0 heterocycles. The average molecular weight is 511 g/mol. The van der Waals surface area contributed by atoms with Crippen molar-refractivity contribution in [2.45, 2.75) is 58.2 Å². The highest BCUT2D eigenvalue weighted by Gasteiger charge is 2.30. The van der Waals surface area contributed by atoms with Crippen LogP contribution in [0.25, 0.3) is 0 Å². The number of urea groups is 1. The molecule has 37 heavy (non-hydrogen) atoms. The van der Waals surface area contributed by atoms with Crippen LogP contribution in [0.15, 0.2) is 54.6 Å². The van der Waals surface area contributed by atoms with Crippen LogP contribution in [0.3, 0.4) is 0 Å². The summed E-state index contributed by atoms with van der Waals surface area (Å²) in [6, 6.07) is 13.2. The molecule has 0 aliphatic carbocycles. The molecule has 0 bridgehead atoms. The molecule has 0 unspecified atom stereocenters. The first-order chi connectivity index (χ1) is 17.6. The standard InChI is InChI=1S/C27H38N6O4/c1-4-17(3)23(26(36)32-22(24(29)34)16-18-9-7-6-8-10-18)33-25(35)21(28)15-19-11-13-20(14-12-19)31-27(37)30-5-2/h6-14,17,21-23H,4-5,15-16,28H2,1-3H3,(H2,29,34)(H,32,36)(H,33,35)(H2,30,31,37)/t17-,21-,22-,23-/m0/s1. The van der Waals surface area contributed by atoms with Crippen LogP contribution in [0.5, 0.6) is 0 Å². The van der Waals surface area contributed by atoms with Crippen molar-refractivity contribution in [3.8, 4) is 0 Å². The van der Waals surface area contributed by atoms with Crippen LogP contribution in [0.1, 0.15) is 38.3 Å². The second kappa shape index (κ2) is 14.6. The van der Waals surface area contributed by atoms with Crippen molar-refractivity contribution in [3.05, 3.63) is 65.7 Å². The Kier molecular flexibility index (Phi) is 11.6. The zero-order valence-corrected chi connectivity index (χ0v) is 21.6. The van der Waals surface area contributed by atoms with E-state index >= 15 is 0 Å². The van der Waals surface area contributed by atoms with Gasteiger partial charge in [0.15, 0.2) is 0 Å². The summed E-state index contributed by atoms with van der Waals surface area (Å²) in [4.78, 5) is 49.7. The number of hydrogen-bond donors (Lipinski definition) is 6. The topological polar surface area (TPSA) is 168 Å². The van der Waals surface area contributed by atoms with E-state index in [1.165, 1.54) is 0 Å². The van der Waals surface area contributed by atoms with Crippen molar-refractivity contribution in [2.75, 3.05) is 11.9 Å². The van der Waals surface area contributed by atoms with Gasteiger partial charge in [-0.15, -0.1) is 0 Å². The highest BCUT2D eigenvalue weighted by molar-refractivity contribution is 5.93. The minimum Gasteiger partial charge on any atom is -0.368 e. The Labute approximate surface area is 217 Å². The zero-order valence-electron chi connectivity index (χ0n) is 21.6. The van der Waals surface area contributed by atoms with Gasteiger partial charge in [0, 0.05) is 18.7 Å². The summed E-state index contributed by atoms with van der Waals surface area (Å²) in [6.07, 6.45) is 1.10. The molecular weight excluding hydrogens is 472 g/mol. The van der Waals surface area contributed by atoms with Gasteiger partial charge in [-0.25, -0.2) is 4.79 Å². The first-order valence-corrected chi connectivity index (χ1v) is 12.5. The fourth-order valence-electron chi connectivity index (χ4n) is 3.70. The highest BCUT2D eigenvalue weighted by Crippen LogP contribution is 2.13. The maximum Gasteiger partial charge on any atom is 0.319 e. The molecule has 8 N–H and O–H groups in total. The smallest absolute Gasteiger partial charge is 0.319 e. The van der Waals surface area contributed by atoms with Gasteiger partial charge in [0.1, 0.15) is 12.1 Å². The predicted molar refractivity (Wildman–Crippen MR) is 143 cm³/mol. The Balaban J connectivity index is 2.02. The van der Waals surface area contributed by atoms with E-state index in [1.54, 1.807) is 24.3 Å². The zero-order chi connectivity index (χ0) is 27.4. The molecule has 0 radical (unpaired) electrons. The van der Waals surface area contributed by atoms with E-state index in [2.05, 4.69) is 21.3 Å². The van der Waals surface area contributed by atoms with Crippen LogP contribution in [-0.2, 0) is 27.2 Å². The Hall–Kier alpha value is -3.92. The summed E-state index contributed by atoms with van der Waals surface area (Å²) in [5.74, 6) is -1.84. The van der Waals surface area contributed by atoms with Crippen LogP contribution >= 0.6 is 0 Å². The number of anilines is 1. The Bertz CT molecular complexity index is 1040. The quantitative estimate of drug-likeness (QED) is 0.239. The fourth-order valence-corrected chi connectivity index (χ4v) is 3.70. The van der Waals surface area contributed by atoms with Crippen LogP contribution in [0.2, 0.25) is 0 Å². The summed E-state index contributed by atoms with van der Waals surface area (Å²) < 4.78 is 0. The third-order valence-corrected chi connectivity index (χ3v) is 6.08. The van der Waals surface area contributed by atoms with Crippen molar-refractivity contribution in [2.24, 2.45) is 17.4 Å². The van der Waals surface area contributed by atoms with Gasteiger partial charge in [-0.05, 0) is 42.5 Å². The second-order valence-electron chi connectivity index (χ2n) is 9.02. The molecule has 10 nitrogen and oxygen atoms in total. The Morgan fingerprint density at radius 1 is 0.838 bits per heavy atom. The lowest BCUT2D eigenvalue weighted by Gasteiger charge is -2.27. The average Bonchev–Trinajstić information content (AvgIpc) is 2.88. The van der Waals surface area contributed by atoms with Gasteiger partial charge >= 0.3 is 6.03 Å². The molecule has 0 saturated carbocycles. The SMILES string of the molecule is CCNC(=O)Nc1ccc(C[C@H](N)C(=O)N[C@H](C(=O)N[C@@H](Cc2ccccc2)C(N)=O)[C@@H](C)CC)cc1. The number of nitrogens with one attached hydrogen (secondary N) is 4. The van der Waals surface area contributed by atoms with Crippen molar-refractivity contribution in [3.63, 3.8) is 0 Å². The van der Waals surface area contributed by atoms with Crippen LogP contribution in [0.4, 0.5) is 10.5 Å². The Morgan fingerprint density at radius 2 is 1.46 bits per heavy atom. The van der Waals surface area contributed by atoms with Crippen molar-refractivity contribution >= 4 is 29.4 Å². The number of rotatable bonds is 13. The monoisotopic (exact) mass is 510 g/mol. The first kappa shape index (κ1) is 29.3. The van der Waals surface area contributed by atoms with Crippen molar-refractivity contribution < 1.29 is 19.2 Å². The van der Waals surface area contributed by atoms with Crippen LogP contribution < -0.4 is 32.7 Å². The van der Waals surface area contributed by atoms with E-state index in [1.807, 2.05) is 51.1 Å². The van der Waals surface area contributed by atoms with Crippen LogP contribution in [0, 0.1) is 5.92 Å². The number of carbonyl (C=O) groups is 4. The minimum absolute atomic E-state index is 0.207. The van der Waals surface area contributed by atoms with Crippen LogP contribution in [-0.4, -0.2) is 48.4 Å². The highest BCUT2D eigenvalue weighted by atomic mass is 16.2. The first-order valence-electron chi connectivity index (χ1n) is 12.5. The molecule has 0 aliphatic rings. The van der Waals surface area contributed by atoms with E-state index in [0.29, 0.717) is 18.7 Å². The molecular formula is C27H38N6O4. The maximum atomic E-state index is 13.1. The molecule has 0 aromatic heterocycles. The molecule has 0 saturated heterocycles. The fraction of sp³-hybridized carbons (Fsp3) is 0.407. The van der Waals surface area contributed by atoms with E-state index in [-0.39, 0.29) is 24.8 Å². The second-order valence-corrected chi connectivity index (χ2v) is 9.02. The van der Waals surface area contributed by atoms with Gasteiger partial charge < -0.3 is 32.7 Å². The molecule has 5 amide bonds. The molecule has 0 spiro atoms. The maximum absolute atomic E-state index is 13.1. The van der Waals surface area contributed by atoms with Crippen molar-refractivity contribution in [1.82, 2.24) is 16.0 Å². The molecule has 0 aliphatic heterocycles. The number of benzene rings is 2. The third-order valence-electron chi connectivity index (χ3n) is 6.08. The summed E-state index contributed by atoms with van der Waals surface area (Å²) in [6.45, 7) is 6.08. The number of amides is 5. The molecule has 2 aromatic rings. The Morgan fingerprint density at radius 3 is 2.03 bits per heavy atom. The number of hydrogen-bond acceptors (Lipinski definition) is 5. The van der Waals surface area contributed by atoms with E-state index in [9.17, 15) is 19.2 Å². The number of carbonyl (C=O) groups excluding carboxylic acids is 4. The lowest BCUT2D eigenvalue weighted by atomic mass is 9.96. The lowest BCUT2D eigenvalue weighted by molar-refractivity contribution is -0.132. The van der Waals surface area contributed by atoms with E-state index in [4.69, 9.17) is 11.5 Å². The summed E-state index contributed by atoms with van der Waals surface area (Å²) in [7, 11) is 0. The minimum atomic E-state index is -0.918. The van der Waals surface area contributed by atoms with Gasteiger partial charge in [-0.2, -0.15) is 0 Å². The van der Waals surface area contributed by atoms with E-state index in [0.717, 1.165) is 11.1 Å². The summed E-state index contributed by atoms with van der Waals surface area (Å²) in [5, 5.41) is 10.8. The van der Waals surface area contributed by atoms with Gasteiger partial charge in [0.05, 0.1) is 6.04 Å². The largest absolute Gasteiger partial charge is 0.368 e. The molecule has 200 valence electrons. The molecule has 0 fully saturated rings.